The van der Waals surface area contributed by atoms with Crippen molar-refractivity contribution in [3.05, 3.63) is 58.1 Å². The van der Waals surface area contributed by atoms with Crippen LogP contribution in [0.15, 0.2) is 42.5 Å². The summed E-state index contributed by atoms with van der Waals surface area (Å²) in [4.78, 5) is 27.1. The molecule has 0 radical (unpaired) electrons. The summed E-state index contributed by atoms with van der Waals surface area (Å²) in [5.74, 6) is 0.195. The van der Waals surface area contributed by atoms with Crippen LogP contribution in [0.4, 0.5) is 5.69 Å². The van der Waals surface area contributed by atoms with Crippen LogP contribution in [0.5, 0.6) is 5.75 Å². The largest absolute Gasteiger partial charge is 0.497 e. The molecule has 3 rings (SSSR count). The monoisotopic (exact) mass is 392 g/mol. The number of carbonyl (C=O) groups excluding carboxylic acids is 2. The number of ether oxygens (including phenoxy) is 1. The number of nitrogens with zero attached hydrogens (tertiary/aromatic N) is 1. The summed E-state index contributed by atoms with van der Waals surface area (Å²) in [7, 11) is 1.58. The van der Waals surface area contributed by atoms with Gasteiger partial charge in [-0.2, -0.15) is 0 Å². The Kier molecular flexibility index (Phi) is 5.69. The molecule has 0 aromatic heterocycles. The van der Waals surface area contributed by atoms with Crippen LogP contribution in [-0.2, 0) is 4.79 Å². The zero-order chi connectivity index (χ0) is 18.7. The minimum absolute atomic E-state index is 0.223. The number of benzene rings is 2. The van der Waals surface area contributed by atoms with Crippen molar-refractivity contribution in [3.8, 4) is 5.75 Å². The Bertz CT molecular complexity index is 824. The Morgan fingerprint density at radius 3 is 2.58 bits per heavy atom. The Morgan fingerprint density at radius 1 is 1.15 bits per heavy atom. The first-order chi connectivity index (χ1) is 12.5. The molecule has 0 saturated carbocycles. The number of likely N-dealkylation sites (tertiary alicyclic amines) is 1. The van der Waals surface area contributed by atoms with E-state index >= 15 is 0 Å². The normalized spacial score (nSPS) is 16.4. The molecule has 1 aliphatic heterocycles. The van der Waals surface area contributed by atoms with E-state index in [1.54, 1.807) is 48.4 Å². The number of nitrogens with one attached hydrogen (secondary N) is 1. The van der Waals surface area contributed by atoms with Crippen LogP contribution in [0, 0.1) is 0 Å². The molecule has 1 fully saturated rings. The van der Waals surface area contributed by atoms with Crippen LogP contribution in [0.3, 0.4) is 0 Å². The first-order valence-electron chi connectivity index (χ1n) is 8.20. The van der Waals surface area contributed by atoms with Gasteiger partial charge in [0.2, 0.25) is 5.91 Å². The van der Waals surface area contributed by atoms with Crippen LogP contribution in [0.25, 0.3) is 0 Å². The molecule has 26 heavy (non-hydrogen) atoms. The Hall–Kier alpha value is -2.24. The quantitative estimate of drug-likeness (QED) is 0.845. The molecule has 1 saturated heterocycles. The minimum Gasteiger partial charge on any atom is -0.497 e. The summed E-state index contributed by atoms with van der Waals surface area (Å²) in [6.07, 6.45) is 1.36. The lowest BCUT2D eigenvalue weighted by Gasteiger charge is -2.24. The van der Waals surface area contributed by atoms with Crippen molar-refractivity contribution in [1.82, 2.24) is 4.90 Å². The van der Waals surface area contributed by atoms with Gasteiger partial charge in [0.05, 0.1) is 17.7 Å². The first-order valence-corrected chi connectivity index (χ1v) is 8.96. The number of hydrogen-bond donors (Lipinski definition) is 1. The van der Waals surface area contributed by atoms with Crippen molar-refractivity contribution in [1.29, 1.82) is 0 Å². The standard InChI is InChI=1S/C19H18Cl2N2O3/c1-26-14-7-5-13(6-8-14)22-18(24)17-3-2-10-23(17)19(25)15-11-12(20)4-9-16(15)21/h4-9,11,17H,2-3,10H2,1H3,(H,22,24)/t17-/m0/s1. The second-order valence-electron chi connectivity index (χ2n) is 6.00. The highest BCUT2D eigenvalue weighted by molar-refractivity contribution is 6.35. The summed E-state index contributed by atoms with van der Waals surface area (Å²) in [6, 6.07) is 11.2. The predicted octanol–water partition coefficient (Wildman–Crippen LogP) is 4.25. The molecule has 1 N–H and O–H groups in total. The first kappa shape index (κ1) is 18.5. The SMILES string of the molecule is COc1ccc(NC(=O)[C@@H]2CCCN2C(=O)c2cc(Cl)ccc2Cl)cc1. The number of methoxy groups -OCH3 is 1. The van der Waals surface area contributed by atoms with Gasteiger partial charge in [0.15, 0.2) is 0 Å². The van der Waals surface area contributed by atoms with Gasteiger partial charge in [0, 0.05) is 17.3 Å². The highest BCUT2D eigenvalue weighted by Gasteiger charge is 2.35. The van der Waals surface area contributed by atoms with E-state index in [0.29, 0.717) is 40.0 Å². The lowest BCUT2D eigenvalue weighted by molar-refractivity contribution is -0.119. The third kappa shape index (κ3) is 3.94. The zero-order valence-electron chi connectivity index (χ0n) is 14.2. The van der Waals surface area contributed by atoms with E-state index in [1.165, 1.54) is 6.07 Å². The van der Waals surface area contributed by atoms with Gasteiger partial charge in [-0.25, -0.2) is 0 Å². The fraction of sp³-hybridized carbons (Fsp3) is 0.263. The Morgan fingerprint density at radius 2 is 1.88 bits per heavy atom. The number of carbonyl (C=O) groups is 2. The highest BCUT2D eigenvalue weighted by Crippen LogP contribution is 2.27. The molecule has 5 nitrogen and oxygen atoms in total. The molecule has 2 aromatic carbocycles. The van der Waals surface area contributed by atoms with E-state index < -0.39 is 6.04 Å². The van der Waals surface area contributed by atoms with Crippen LogP contribution < -0.4 is 10.1 Å². The molecule has 0 aliphatic carbocycles. The van der Waals surface area contributed by atoms with E-state index in [-0.39, 0.29) is 11.8 Å². The average Bonchev–Trinajstić information content (AvgIpc) is 3.13. The maximum atomic E-state index is 12.9. The molecule has 0 unspecified atom stereocenters. The van der Waals surface area contributed by atoms with Gasteiger partial charge in [0.1, 0.15) is 11.8 Å². The Labute approximate surface area is 161 Å². The van der Waals surface area contributed by atoms with E-state index in [4.69, 9.17) is 27.9 Å². The molecule has 136 valence electrons. The predicted molar refractivity (Wildman–Crippen MR) is 102 cm³/mol. The summed E-state index contributed by atoms with van der Waals surface area (Å²) < 4.78 is 5.10. The van der Waals surface area contributed by atoms with E-state index in [9.17, 15) is 9.59 Å². The van der Waals surface area contributed by atoms with Crippen molar-refractivity contribution >= 4 is 40.7 Å². The molecule has 2 amide bonds. The van der Waals surface area contributed by atoms with Gasteiger partial charge in [-0.3, -0.25) is 9.59 Å². The zero-order valence-corrected chi connectivity index (χ0v) is 15.7. The molecule has 0 spiro atoms. The minimum atomic E-state index is -0.542. The number of anilines is 1. The number of hydrogen-bond acceptors (Lipinski definition) is 3. The van der Waals surface area contributed by atoms with E-state index in [2.05, 4.69) is 5.32 Å². The number of halogens is 2. The number of rotatable bonds is 4. The lowest BCUT2D eigenvalue weighted by atomic mass is 10.1. The summed E-state index contributed by atoms with van der Waals surface area (Å²) in [6.45, 7) is 0.502. The lowest BCUT2D eigenvalue weighted by Crippen LogP contribution is -2.43. The summed E-state index contributed by atoms with van der Waals surface area (Å²) in [5.41, 5.74) is 0.958. The van der Waals surface area contributed by atoms with E-state index in [0.717, 1.165) is 6.42 Å². The topological polar surface area (TPSA) is 58.6 Å². The maximum absolute atomic E-state index is 12.9. The van der Waals surface area contributed by atoms with Crippen molar-refractivity contribution < 1.29 is 14.3 Å². The molecule has 0 bridgehead atoms. The van der Waals surface area contributed by atoms with Crippen molar-refractivity contribution in [2.45, 2.75) is 18.9 Å². The molecule has 1 aliphatic rings. The van der Waals surface area contributed by atoms with Gasteiger partial charge in [-0.15, -0.1) is 0 Å². The van der Waals surface area contributed by atoms with Crippen LogP contribution in [0.2, 0.25) is 10.0 Å². The van der Waals surface area contributed by atoms with Gasteiger partial charge in [-0.05, 0) is 55.3 Å². The van der Waals surface area contributed by atoms with Gasteiger partial charge in [-0.1, -0.05) is 23.2 Å². The second kappa shape index (κ2) is 7.98. The highest BCUT2D eigenvalue weighted by atomic mass is 35.5. The van der Waals surface area contributed by atoms with Crippen LogP contribution in [0.1, 0.15) is 23.2 Å². The Balaban J connectivity index is 1.75. The van der Waals surface area contributed by atoms with Gasteiger partial charge in [0.25, 0.3) is 5.91 Å². The molecule has 1 atom stereocenters. The molecule has 2 aromatic rings. The average molecular weight is 393 g/mol. The van der Waals surface area contributed by atoms with Crippen molar-refractivity contribution in [2.24, 2.45) is 0 Å². The fourth-order valence-electron chi connectivity index (χ4n) is 3.00. The van der Waals surface area contributed by atoms with Crippen molar-refractivity contribution in [3.63, 3.8) is 0 Å². The molecule has 1 heterocycles. The molecular formula is C19H18Cl2N2O3. The smallest absolute Gasteiger partial charge is 0.256 e. The van der Waals surface area contributed by atoms with Gasteiger partial charge >= 0.3 is 0 Å². The molecule has 7 heteroatoms. The fourth-order valence-corrected chi connectivity index (χ4v) is 3.37. The summed E-state index contributed by atoms with van der Waals surface area (Å²) in [5, 5.41) is 3.60. The van der Waals surface area contributed by atoms with E-state index in [1.807, 2.05) is 0 Å². The third-order valence-corrected chi connectivity index (χ3v) is 4.90. The third-order valence-electron chi connectivity index (χ3n) is 4.33. The van der Waals surface area contributed by atoms with Gasteiger partial charge < -0.3 is 15.0 Å². The maximum Gasteiger partial charge on any atom is 0.256 e. The van der Waals surface area contributed by atoms with Crippen LogP contribution >= 0.6 is 23.2 Å². The van der Waals surface area contributed by atoms with Crippen molar-refractivity contribution in [2.75, 3.05) is 19.0 Å². The van der Waals surface area contributed by atoms with Crippen LogP contribution in [-0.4, -0.2) is 36.4 Å². The molecular weight excluding hydrogens is 375 g/mol. The number of amides is 2. The second-order valence-corrected chi connectivity index (χ2v) is 6.84. The summed E-state index contributed by atoms with van der Waals surface area (Å²) >= 11 is 12.1.